The van der Waals surface area contributed by atoms with Gasteiger partial charge in [-0.15, -0.1) is 0 Å². The number of hydrogen-bond acceptors (Lipinski definition) is 4. The normalized spacial score (nSPS) is 16.5. The number of imidazole rings is 1. The molecule has 1 amide bonds. The van der Waals surface area contributed by atoms with Gasteiger partial charge in [0.1, 0.15) is 5.60 Å². The number of amides is 1. The first-order chi connectivity index (χ1) is 8.44. The Kier molecular flexibility index (Phi) is 3.56. The molecular formula is C12H20N4O2. The molecule has 1 aliphatic rings. The first kappa shape index (κ1) is 12.9. The van der Waals surface area contributed by atoms with Crippen molar-refractivity contribution in [2.45, 2.75) is 39.0 Å². The third kappa shape index (κ3) is 3.46. The van der Waals surface area contributed by atoms with E-state index < -0.39 is 5.60 Å². The van der Waals surface area contributed by atoms with Crippen molar-refractivity contribution >= 4 is 6.09 Å². The molecule has 0 bridgehead atoms. The number of carbonyl (C=O) groups is 1. The second-order valence-corrected chi connectivity index (χ2v) is 5.54. The lowest BCUT2D eigenvalue weighted by Crippen LogP contribution is -2.60. The minimum Gasteiger partial charge on any atom is -0.444 e. The van der Waals surface area contributed by atoms with Crippen LogP contribution in [0.1, 0.15) is 26.5 Å². The molecule has 6 nitrogen and oxygen atoms in total. The number of aromatic nitrogens is 2. The number of H-pyrrole nitrogens is 1. The van der Waals surface area contributed by atoms with Crippen molar-refractivity contribution in [3.8, 4) is 0 Å². The summed E-state index contributed by atoms with van der Waals surface area (Å²) in [5, 5.41) is 3.35. The summed E-state index contributed by atoms with van der Waals surface area (Å²) in [6, 6.07) is 0.334. The van der Waals surface area contributed by atoms with Crippen molar-refractivity contribution < 1.29 is 9.53 Å². The van der Waals surface area contributed by atoms with Gasteiger partial charge in [0.2, 0.25) is 0 Å². The molecule has 0 aliphatic carbocycles. The van der Waals surface area contributed by atoms with Gasteiger partial charge in [0, 0.05) is 37.6 Å². The van der Waals surface area contributed by atoms with Crippen molar-refractivity contribution in [1.29, 1.82) is 0 Å². The van der Waals surface area contributed by atoms with Crippen LogP contribution in [-0.2, 0) is 11.3 Å². The second kappa shape index (κ2) is 4.97. The summed E-state index contributed by atoms with van der Waals surface area (Å²) in [6.45, 7) is 7.76. The Labute approximate surface area is 107 Å². The van der Waals surface area contributed by atoms with E-state index in [1.807, 2.05) is 20.8 Å². The molecule has 0 unspecified atom stereocenters. The summed E-state index contributed by atoms with van der Waals surface area (Å²) in [7, 11) is 0. The Balaban J connectivity index is 1.66. The van der Waals surface area contributed by atoms with E-state index in [0.29, 0.717) is 19.1 Å². The van der Waals surface area contributed by atoms with Gasteiger partial charge in [-0.25, -0.2) is 9.78 Å². The lowest BCUT2D eigenvalue weighted by Gasteiger charge is -2.40. The number of likely N-dealkylation sites (tertiary alicyclic amines) is 1. The maximum absolute atomic E-state index is 11.7. The van der Waals surface area contributed by atoms with E-state index in [1.54, 1.807) is 17.4 Å². The average molecular weight is 252 g/mol. The van der Waals surface area contributed by atoms with E-state index in [9.17, 15) is 4.79 Å². The van der Waals surface area contributed by atoms with Crippen LogP contribution in [0.4, 0.5) is 4.79 Å². The number of rotatable bonds is 3. The van der Waals surface area contributed by atoms with Crippen LogP contribution in [0.25, 0.3) is 0 Å². The second-order valence-electron chi connectivity index (χ2n) is 5.54. The summed E-state index contributed by atoms with van der Waals surface area (Å²) >= 11 is 0. The number of ether oxygens (including phenoxy) is 1. The first-order valence-electron chi connectivity index (χ1n) is 6.12. The van der Waals surface area contributed by atoms with Crippen LogP contribution in [0.2, 0.25) is 0 Å². The van der Waals surface area contributed by atoms with Crippen LogP contribution >= 0.6 is 0 Å². The van der Waals surface area contributed by atoms with Gasteiger partial charge in [0.25, 0.3) is 0 Å². The Hall–Kier alpha value is -1.56. The molecule has 0 atom stereocenters. The smallest absolute Gasteiger partial charge is 0.410 e. The van der Waals surface area contributed by atoms with Crippen LogP contribution < -0.4 is 5.32 Å². The van der Waals surface area contributed by atoms with E-state index in [2.05, 4.69) is 15.3 Å². The lowest BCUT2D eigenvalue weighted by molar-refractivity contribution is 0.00516. The van der Waals surface area contributed by atoms with E-state index in [0.717, 1.165) is 12.2 Å². The molecule has 6 heteroatoms. The zero-order valence-electron chi connectivity index (χ0n) is 11.1. The van der Waals surface area contributed by atoms with Crippen molar-refractivity contribution in [2.75, 3.05) is 13.1 Å². The molecule has 2 heterocycles. The van der Waals surface area contributed by atoms with Crippen molar-refractivity contribution in [2.24, 2.45) is 0 Å². The average Bonchev–Trinajstić information content (AvgIpc) is 2.64. The molecule has 0 spiro atoms. The molecule has 2 rings (SSSR count). The molecule has 100 valence electrons. The number of aromatic amines is 1. The third-order valence-electron chi connectivity index (χ3n) is 2.67. The summed E-state index contributed by atoms with van der Waals surface area (Å²) in [6.07, 6.45) is 3.21. The Bertz CT molecular complexity index is 391. The van der Waals surface area contributed by atoms with E-state index in [1.165, 1.54) is 0 Å². The monoisotopic (exact) mass is 252 g/mol. The number of hydrogen-bond donors (Lipinski definition) is 2. The summed E-state index contributed by atoms with van der Waals surface area (Å²) < 4.78 is 5.28. The van der Waals surface area contributed by atoms with Gasteiger partial charge >= 0.3 is 6.09 Å². The van der Waals surface area contributed by atoms with Crippen LogP contribution in [0, 0.1) is 0 Å². The standard InChI is InChI=1S/C12H20N4O2/c1-12(2,3)18-11(17)16-6-10(7-16)14-5-9-4-13-8-15-9/h4,8,10,14H,5-7H2,1-3H3,(H,13,15). The largest absolute Gasteiger partial charge is 0.444 e. The van der Waals surface area contributed by atoms with Crippen molar-refractivity contribution in [3.63, 3.8) is 0 Å². The maximum Gasteiger partial charge on any atom is 0.410 e. The molecule has 1 aromatic rings. The van der Waals surface area contributed by atoms with Gasteiger partial charge in [-0.1, -0.05) is 0 Å². The Morgan fingerprint density at radius 2 is 2.33 bits per heavy atom. The highest BCUT2D eigenvalue weighted by molar-refractivity contribution is 5.69. The summed E-state index contributed by atoms with van der Waals surface area (Å²) in [4.78, 5) is 20.4. The topological polar surface area (TPSA) is 70.2 Å². The molecule has 0 saturated carbocycles. The Morgan fingerprint density at radius 1 is 1.61 bits per heavy atom. The van der Waals surface area contributed by atoms with Crippen molar-refractivity contribution in [3.05, 3.63) is 18.2 Å². The van der Waals surface area contributed by atoms with Crippen LogP contribution in [0.3, 0.4) is 0 Å². The van der Waals surface area contributed by atoms with Crippen molar-refractivity contribution in [1.82, 2.24) is 20.2 Å². The van der Waals surface area contributed by atoms with Gasteiger partial charge < -0.3 is 19.9 Å². The molecule has 0 aromatic carbocycles. The molecule has 1 aliphatic heterocycles. The molecular weight excluding hydrogens is 232 g/mol. The fraction of sp³-hybridized carbons (Fsp3) is 0.667. The van der Waals surface area contributed by atoms with Gasteiger partial charge in [-0.05, 0) is 20.8 Å². The first-order valence-corrected chi connectivity index (χ1v) is 6.12. The fourth-order valence-corrected chi connectivity index (χ4v) is 1.72. The maximum atomic E-state index is 11.7. The molecule has 2 N–H and O–H groups in total. The highest BCUT2D eigenvalue weighted by Crippen LogP contribution is 2.15. The summed E-state index contributed by atoms with van der Waals surface area (Å²) in [5.41, 5.74) is 0.622. The SMILES string of the molecule is CC(C)(C)OC(=O)N1CC(NCc2cnc[nH]2)C1. The zero-order valence-corrected chi connectivity index (χ0v) is 11.1. The molecule has 1 aromatic heterocycles. The predicted octanol–water partition coefficient (Wildman–Crippen LogP) is 1.12. The molecule has 1 saturated heterocycles. The minimum atomic E-state index is -0.425. The van der Waals surface area contributed by atoms with Gasteiger partial charge in [-0.2, -0.15) is 0 Å². The third-order valence-corrected chi connectivity index (χ3v) is 2.67. The molecule has 0 radical (unpaired) electrons. The lowest BCUT2D eigenvalue weighted by atomic mass is 10.1. The molecule has 18 heavy (non-hydrogen) atoms. The van der Waals surface area contributed by atoms with Gasteiger partial charge in [0.15, 0.2) is 0 Å². The van der Waals surface area contributed by atoms with E-state index in [4.69, 9.17) is 4.74 Å². The minimum absolute atomic E-state index is 0.234. The number of carbonyl (C=O) groups excluding carboxylic acids is 1. The highest BCUT2D eigenvalue weighted by Gasteiger charge is 2.33. The molecule has 1 fully saturated rings. The highest BCUT2D eigenvalue weighted by atomic mass is 16.6. The van der Waals surface area contributed by atoms with Gasteiger partial charge in [-0.3, -0.25) is 0 Å². The van der Waals surface area contributed by atoms with Crippen LogP contribution in [0.15, 0.2) is 12.5 Å². The fourth-order valence-electron chi connectivity index (χ4n) is 1.72. The van der Waals surface area contributed by atoms with E-state index in [-0.39, 0.29) is 6.09 Å². The van der Waals surface area contributed by atoms with Crippen LogP contribution in [-0.4, -0.2) is 45.7 Å². The Morgan fingerprint density at radius 3 is 2.89 bits per heavy atom. The number of nitrogens with one attached hydrogen (secondary N) is 2. The van der Waals surface area contributed by atoms with Crippen LogP contribution in [0.5, 0.6) is 0 Å². The quantitative estimate of drug-likeness (QED) is 0.845. The van der Waals surface area contributed by atoms with E-state index >= 15 is 0 Å². The zero-order chi connectivity index (χ0) is 13.2. The number of nitrogens with zero attached hydrogens (tertiary/aromatic N) is 2. The predicted molar refractivity (Wildman–Crippen MR) is 67.0 cm³/mol. The summed E-state index contributed by atoms with van der Waals surface area (Å²) in [5.74, 6) is 0. The van der Waals surface area contributed by atoms with Gasteiger partial charge in [0.05, 0.1) is 6.33 Å².